The molecule has 1 heterocycles. The average Bonchev–Trinajstić information content (AvgIpc) is 2.50. The quantitative estimate of drug-likeness (QED) is 0.599. The molecular formula is C17H22N4O. The first-order chi connectivity index (χ1) is 10.5. The lowest BCUT2D eigenvalue weighted by molar-refractivity contribution is -0.114. The molecule has 0 radical (unpaired) electrons. The number of nitrogens with one attached hydrogen (secondary N) is 2. The number of hydrogen-bond acceptors (Lipinski definition) is 4. The van der Waals surface area contributed by atoms with E-state index in [1.54, 1.807) is 30.5 Å². The highest BCUT2D eigenvalue weighted by molar-refractivity contribution is 6.14. The second kappa shape index (κ2) is 7.93. The van der Waals surface area contributed by atoms with Crippen molar-refractivity contribution in [2.24, 2.45) is 0 Å². The van der Waals surface area contributed by atoms with Crippen molar-refractivity contribution in [3.05, 3.63) is 53.3 Å². The van der Waals surface area contributed by atoms with Gasteiger partial charge in [0.05, 0.1) is 5.71 Å². The van der Waals surface area contributed by atoms with Crippen LogP contribution in [0.4, 0.5) is 11.4 Å². The summed E-state index contributed by atoms with van der Waals surface area (Å²) >= 11 is 0. The molecule has 0 saturated heterocycles. The van der Waals surface area contributed by atoms with Gasteiger partial charge in [-0.3, -0.25) is 15.2 Å². The second-order valence-corrected chi connectivity index (χ2v) is 4.54. The Kier molecular flexibility index (Phi) is 6.25. The van der Waals surface area contributed by atoms with Gasteiger partial charge in [0.25, 0.3) is 0 Å². The molecule has 0 aliphatic rings. The summed E-state index contributed by atoms with van der Waals surface area (Å²) in [4.78, 5) is 15.2. The number of nitrogens with two attached hydrogens (primary N) is 1. The average molecular weight is 298 g/mol. The van der Waals surface area contributed by atoms with Gasteiger partial charge in [0, 0.05) is 41.3 Å². The monoisotopic (exact) mass is 298 g/mol. The maximum Gasteiger partial charge on any atom is 0.221 e. The molecule has 0 atom stereocenters. The molecule has 0 aliphatic carbocycles. The number of carbonyl (C=O) groups excluding carboxylic acids is 1. The molecule has 1 aromatic heterocycles. The summed E-state index contributed by atoms with van der Waals surface area (Å²) in [5.41, 5.74) is 9.52. The minimum Gasteiger partial charge on any atom is -0.398 e. The van der Waals surface area contributed by atoms with Crippen molar-refractivity contribution in [1.29, 1.82) is 5.41 Å². The third kappa shape index (κ3) is 4.41. The fourth-order valence-electron chi connectivity index (χ4n) is 1.91. The molecule has 116 valence electrons. The van der Waals surface area contributed by atoms with Crippen LogP contribution in [0.3, 0.4) is 0 Å². The number of aromatic nitrogens is 1. The number of nitrogens with zero attached hydrogens (tertiary/aromatic N) is 1. The zero-order chi connectivity index (χ0) is 16.7. The number of nitrogen functional groups attached to an aromatic ring is 1. The van der Waals surface area contributed by atoms with Gasteiger partial charge in [0.1, 0.15) is 0 Å². The number of benzene rings is 1. The molecule has 2 aromatic rings. The SMILES string of the molecule is CC.CC(=O)Nc1ccc(N)c(C(=N)c2ccnc(C)c2)c1. The van der Waals surface area contributed by atoms with Gasteiger partial charge in [-0.15, -0.1) is 0 Å². The Balaban J connectivity index is 0.00000116. The topological polar surface area (TPSA) is 91.9 Å². The van der Waals surface area contributed by atoms with Gasteiger partial charge in [-0.2, -0.15) is 0 Å². The van der Waals surface area contributed by atoms with E-state index in [0.29, 0.717) is 22.6 Å². The van der Waals surface area contributed by atoms with E-state index in [1.165, 1.54) is 6.92 Å². The molecule has 0 spiro atoms. The molecule has 2 rings (SSSR count). The standard InChI is InChI=1S/C15H16N4O.C2H6/c1-9-7-11(5-6-18-9)15(17)13-8-12(19-10(2)20)3-4-14(13)16;1-2/h3-8,17H,16H2,1-2H3,(H,19,20);1-2H3. The maximum absolute atomic E-state index is 11.1. The van der Waals surface area contributed by atoms with E-state index in [9.17, 15) is 4.79 Å². The molecule has 1 aromatic carbocycles. The molecule has 4 N–H and O–H groups in total. The van der Waals surface area contributed by atoms with E-state index < -0.39 is 0 Å². The van der Waals surface area contributed by atoms with Crippen molar-refractivity contribution in [2.45, 2.75) is 27.7 Å². The molecule has 1 amide bonds. The predicted octanol–water partition coefficient (Wildman–Crippen LogP) is 3.37. The first kappa shape index (κ1) is 17.4. The molecule has 0 unspecified atom stereocenters. The number of hydrogen-bond donors (Lipinski definition) is 3. The number of aryl methyl sites for hydroxylation is 1. The Morgan fingerprint density at radius 1 is 1.23 bits per heavy atom. The normalized spacial score (nSPS) is 9.45. The number of anilines is 2. The fraction of sp³-hybridized carbons (Fsp3) is 0.235. The molecule has 5 nitrogen and oxygen atoms in total. The van der Waals surface area contributed by atoms with Crippen LogP contribution in [-0.4, -0.2) is 16.6 Å². The van der Waals surface area contributed by atoms with Gasteiger partial charge in [-0.1, -0.05) is 13.8 Å². The highest BCUT2D eigenvalue weighted by Crippen LogP contribution is 2.21. The Morgan fingerprint density at radius 2 is 1.91 bits per heavy atom. The summed E-state index contributed by atoms with van der Waals surface area (Å²) in [6.45, 7) is 7.31. The van der Waals surface area contributed by atoms with Gasteiger partial charge < -0.3 is 11.1 Å². The number of pyridine rings is 1. The van der Waals surface area contributed by atoms with Crippen molar-refractivity contribution >= 4 is 23.0 Å². The first-order valence-corrected chi connectivity index (χ1v) is 7.16. The lowest BCUT2D eigenvalue weighted by atomic mass is 10.0. The van der Waals surface area contributed by atoms with E-state index in [-0.39, 0.29) is 5.91 Å². The number of rotatable bonds is 3. The van der Waals surface area contributed by atoms with E-state index >= 15 is 0 Å². The van der Waals surface area contributed by atoms with Crippen LogP contribution < -0.4 is 11.1 Å². The van der Waals surface area contributed by atoms with Gasteiger partial charge in [0.2, 0.25) is 5.91 Å². The lowest BCUT2D eigenvalue weighted by Crippen LogP contribution is -2.10. The summed E-state index contributed by atoms with van der Waals surface area (Å²) in [5.74, 6) is -0.160. The van der Waals surface area contributed by atoms with Crippen LogP contribution in [0, 0.1) is 12.3 Å². The van der Waals surface area contributed by atoms with Crippen molar-refractivity contribution in [1.82, 2.24) is 4.98 Å². The summed E-state index contributed by atoms with van der Waals surface area (Å²) in [6, 6.07) is 8.69. The minimum atomic E-state index is -0.160. The third-order valence-corrected chi connectivity index (χ3v) is 2.83. The molecule has 0 fully saturated rings. The molecule has 0 saturated carbocycles. The molecule has 22 heavy (non-hydrogen) atoms. The summed E-state index contributed by atoms with van der Waals surface area (Å²) in [6.07, 6.45) is 1.66. The number of amides is 1. The van der Waals surface area contributed by atoms with Gasteiger partial charge >= 0.3 is 0 Å². The third-order valence-electron chi connectivity index (χ3n) is 2.83. The Hall–Kier alpha value is -2.69. The van der Waals surface area contributed by atoms with Crippen LogP contribution in [0.15, 0.2) is 36.5 Å². The van der Waals surface area contributed by atoms with Crippen LogP contribution in [0.1, 0.15) is 37.6 Å². The van der Waals surface area contributed by atoms with Crippen molar-refractivity contribution in [3.8, 4) is 0 Å². The highest BCUT2D eigenvalue weighted by atomic mass is 16.1. The highest BCUT2D eigenvalue weighted by Gasteiger charge is 2.10. The van der Waals surface area contributed by atoms with Crippen LogP contribution >= 0.6 is 0 Å². The van der Waals surface area contributed by atoms with Crippen LogP contribution in [-0.2, 0) is 4.79 Å². The van der Waals surface area contributed by atoms with E-state index in [2.05, 4.69) is 10.3 Å². The zero-order valence-electron chi connectivity index (χ0n) is 13.4. The van der Waals surface area contributed by atoms with E-state index in [1.807, 2.05) is 26.8 Å². The van der Waals surface area contributed by atoms with Crippen molar-refractivity contribution < 1.29 is 4.79 Å². The number of carbonyl (C=O) groups is 1. The second-order valence-electron chi connectivity index (χ2n) is 4.54. The van der Waals surface area contributed by atoms with E-state index in [4.69, 9.17) is 11.1 Å². The molecule has 5 heteroatoms. The Bertz CT molecular complexity index is 680. The molecule has 0 bridgehead atoms. The van der Waals surface area contributed by atoms with Gasteiger partial charge in [-0.25, -0.2) is 0 Å². The minimum absolute atomic E-state index is 0.160. The fourth-order valence-corrected chi connectivity index (χ4v) is 1.91. The Morgan fingerprint density at radius 3 is 2.50 bits per heavy atom. The van der Waals surface area contributed by atoms with Gasteiger partial charge in [0.15, 0.2) is 0 Å². The van der Waals surface area contributed by atoms with Crippen molar-refractivity contribution in [3.63, 3.8) is 0 Å². The lowest BCUT2D eigenvalue weighted by Gasteiger charge is -2.11. The maximum atomic E-state index is 11.1. The van der Waals surface area contributed by atoms with E-state index in [0.717, 1.165) is 11.3 Å². The summed E-state index contributed by atoms with van der Waals surface area (Å²) in [7, 11) is 0. The Labute approximate surface area is 131 Å². The first-order valence-electron chi connectivity index (χ1n) is 7.16. The molecular weight excluding hydrogens is 276 g/mol. The summed E-state index contributed by atoms with van der Waals surface area (Å²) < 4.78 is 0. The van der Waals surface area contributed by atoms with Crippen molar-refractivity contribution in [2.75, 3.05) is 11.1 Å². The van der Waals surface area contributed by atoms with Crippen LogP contribution in [0.2, 0.25) is 0 Å². The van der Waals surface area contributed by atoms with Crippen LogP contribution in [0.5, 0.6) is 0 Å². The summed E-state index contributed by atoms with van der Waals surface area (Å²) in [5, 5.41) is 11.0. The zero-order valence-corrected chi connectivity index (χ0v) is 13.4. The smallest absolute Gasteiger partial charge is 0.221 e. The van der Waals surface area contributed by atoms with Gasteiger partial charge in [-0.05, 0) is 37.3 Å². The molecule has 0 aliphatic heterocycles. The predicted molar refractivity (Wildman–Crippen MR) is 91.4 cm³/mol. The largest absolute Gasteiger partial charge is 0.398 e. The van der Waals surface area contributed by atoms with Crippen LogP contribution in [0.25, 0.3) is 0 Å².